The topological polar surface area (TPSA) is 68.6 Å². The van der Waals surface area contributed by atoms with Crippen molar-refractivity contribution in [2.24, 2.45) is 5.92 Å². The SMILES string of the molecule is O=C(C1CCS(=O)(=O)C1)N1CCC(Oc2cccc3c2ccn3CC(F)(F)F)CC1. The van der Waals surface area contributed by atoms with Gasteiger partial charge in [0, 0.05) is 37.5 Å². The van der Waals surface area contributed by atoms with Crippen molar-refractivity contribution in [2.75, 3.05) is 24.6 Å². The summed E-state index contributed by atoms with van der Waals surface area (Å²) in [6, 6.07) is 6.66. The molecule has 3 heterocycles. The van der Waals surface area contributed by atoms with E-state index in [1.165, 1.54) is 6.20 Å². The fourth-order valence-corrected chi connectivity index (χ4v) is 5.98. The maximum Gasteiger partial charge on any atom is 0.406 e. The van der Waals surface area contributed by atoms with Gasteiger partial charge in [0.1, 0.15) is 18.4 Å². The predicted molar refractivity (Wildman–Crippen MR) is 105 cm³/mol. The molecule has 30 heavy (non-hydrogen) atoms. The quantitative estimate of drug-likeness (QED) is 0.727. The van der Waals surface area contributed by atoms with Gasteiger partial charge in [-0.15, -0.1) is 0 Å². The number of piperidine rings is 1. The smallest absolute Gasteiger partial charge is 0.406 e. The van der Waals surface area contributed by atoms with Gasteiger partial charge in [0.05, 0.1) is 22.9 Å². The van der Waals surface area contributed by atoms with Crippen LogP contribution in [0.5, 0.6) is 5.75 Å². The number of likely N-dealkylation sites (tertiary alicyclic amines) is 1. The number of sulfone groups is 1. The number of benzene rings is 1. The lowest BCUT2D eigenvalue weighted by Gasteiger charge is -2.33. The van der Waals surface area contributed by atoms with E-state index in [0.717, 1.165) is 4.57 Å². The van der Waals surface area contributed by atoms with Crippen molar-refractivity contribution >= 4 is 26.6 Å². The Bertz CT molecular complexity index is 1040. The molecule has 1 amide bonds. The Kier molecular flexibility index (Phi) is 5.46. The van der Waals surface area contributed by atoms with Crippen LogP contribution in [-0.2, 0) is 21.2 Å². The molecule has 2 aliphatic rings. The first-order valence-corrected chi connectivity index (χ1v) is 11.7. The number of amides is 1. The summed E-state index contributed by atoms with van der Waals surface area (Å²) in [5.74, 6) is -0.0317. The molecule has 1 aromatic carbocycles. The zero-order valence-corrected chi connectivity index (χ0v) is 17.1. The van der Waals surface area contributed by atoms with Crippen LogP contribution >= 0.6 is 0 Å². The molecule has 6 nitrogen and oxygen atoms in total. The number of carbonyl (C=O) groups is 1. The number of halogens is 3. The van der Waals surface area contributed by atoms with Crippen LogP contribution < -0.4 is 4.74 Å². The van der Waals surface area contributed by atoms with Gasteiger partial charge in [-0.05, 0) is 24.6 Å². The summed E-state index contributed by atoms with van der Waals surface area (Å²) in [6.45, 7) is -0.104. The zero-order chi connectivity index (χ0) is 21.5. The first-order chi connectivity index (χ1) is 14.1. The largest absolute Gasteiger partial charge is 0.490 e. The molecule has 0 radical (unpaired) electrons. The number of aromatic nitrogens is 1. The molecule has 0 N–H and O–H groups in total. The third-order valence-corrected chi connectivity index (χ3v) is 7.52. The van der Waals surface area contributed by atoms with E-state index in [4.69, 9.17) is 4.74 Å². The standard InChI is InChI=1S/C20H23F3N2O4S/c21-20(22,23)13-25-10-6-16-17(25)2-1-3-18(16)29-15-4-8-24(9-5-15)19(26)14-7-11-30(27,28)12-14/h1-3,6,10,14-15H,4-5,7-9,11-13H2. The highest BCUT2D eigenvalue weighted by Crippen LogP contribution is 2.31. The lowest BCUT2D eigenvalue weighted by Crippen LogP contribution is -2.44. The number of hydrogen-bond acceptors (Lipinski definition) is 4. The number of fused-ring (bicyclic) bond motifs is 1. The van der Waals surface area contributed by atoms with E-state index in [9.17, 15) is 26.4 Å². The van der Waals surface area contributed by atoms with Crippen molar-refractivity contribution in [3.8, 4) is 5.75 Å². The fraction of sp³-hybridized carbons (Fsp3) is 0.550. The highest BCUT2D eigenvalue weighted by Gasteiger charge is 2.36. The Morgan fingerprint density at radius 1 is 1.13 bits per heavy atom. The van der Waals surface area contributed by atoms with Gasteiger partial charge in [-0.2, -0.15) is 13.2 Å². The van der Waals surface area contributed by atoms with Crippen molar-refractivity contribution in [3.05, 3.63) is 30.5 Å². The monoisotopic (exact) mass is 444 g/mol. The van der Waals surface area contributed by atoms with E-state index in [1.807, 2.05) is 0 Å². The molecule has 10 heteroatoms. The van der Waals surface area contributed by atoms with Gasteiger partial charge in [-0.1, -0.05) is 6.07 Å². The lowest BCUT2D eigenvalue weighted by atomic mass is 10.0. The average Bonchev–Trinajstić information content (AvgIpc) is 3.24. The van der Waals surface area contributed by atoms with Gasteiger partial charge in [-0.3, -0.25) is 4.79 Å². The molecule has 0 spiro atoms. The molecule has 2 fully saturated rings. The van der Waals surface area contributed by atoms with Gasteiger partial charge in [0.15, 0.2) is 9.84 Å². The van der Waals surface area contributed by atoms with Crippen LogP contribution in [0.4, 0.5) is 13.2 Å². The van der Waals surface area contributed by atoms with Crippen molar-refractivity contribution < 1.29 is 31.1 Å². The van der Waals surface area contributed by atoms with E-state index in [2.05, 4.69) is 0 Å². The molecule has 4 rings (SSSR count). The van der Waals surface area contributed by atoms with E-state index in [-0.39, 0.29) is 23.5 Å². The third-order valence-electron chi connectivity index (χ3n) is 5.75. The van der Waals surface area contributed by atoms with Gasteiger partial charge in [0.2, 0.25) is 5.91 Å². The van der Waals surface area contributed by atoms with Gasteiger partial charge < -0.3 is 14.2 Å². The molecule has 1 aromatic heterocycles. The predicted octanol–water partition coefficient (Wildman–Crippen LogP) is 3.01. The highest BCUT2D eigenvalue weighted by atomic mass is 32.2. The zero-order valence-electron chi connectivity index (χ0n) is 16.3. The Hall–Kier alpha value is -2.23. The first-order valence-electron chi connectivity index (χ1n) is 9.92. The summed E-state index contributed by atoms with van der Waals surface area (Å²) in [4.78, 5) is 14.3. The molecule has 164 valence electrons. The second-order valence-corrected chi connectivity index (χ2v) is 10.2. The van der Waals surface area contributed by atoms with Crippen molar-refractivity contribution in [1.82, 2.24) is 9.47 Å². The number of carbonyl (C=O) groups excluding carboxylic acids is 1. The molecule has 1 unspecified atom stereocenters. The molecule has 2 aromatic rings. The molecule has 2 aliphatic heterocycles. The Morgan fingerprint density at radius 3 is 2.50 bits per heavy atom. The van der Waals surface area contributed by atoms with Gasteiger partial charge >= 0.3 is 6.18 Å². The molecule has 2 saturated heterocycles. The van der Waals surface area contributed by atoms with Crippen LogP contribution in [0.1, 0.15) is 19.3 Å². The van der Waals surface area contributed by atoms with E-state index in [0.29, 0.717) is 49.0 Å². The van der Waals surface area contributed by atoms with Crippen LogP contribution in [0.15, 0.2) is 30.5 Å². The number of nitrogens with zero attached hydrogens (tertiary/aromatic N) is 2. The number of hydrogen-bond donors (Lipinski definition) is 0. The maximum atomic E-state index is 12.8. The summed E-state index contributed by atoms with van der Waals surface area (Å²) < 4.78 is 68.7. The molecular formula is C20H23F3N2O4S. The summed E-state index contributed by atoms with van der Waals surface area (Å²) >= 11 is 0. The Balaban J connectivity index is 1.38. The number of rotatable bonds is 4. The number of alkyl halides is 3. The minimum atomic E-state index is -4.30. The van der Waals surface area contributed by atoms with E-state index < -0.39 is 28.5 Å². The van der Waals surface area contributed by atoms with Crippen LogP contribution in [0.25, 0.3) is 10.9 Å². The molecule has 0 bridgehead atoms. The van der Waals surface area contributed by atoms with Crippen LogP contribution in [0.2, 0.25) is 0 Å². The Labute approximate surface area is 172 Å². The van der Waals surface area contributed by atoms with Crippen molar-refractivity contribution in [2.45, 2.75) is 38.1 Å². The fourth-order valence-electron chi connectivity index (χ4n) is 4.25. The van der Waals surface area contributed by atoms with Crippen LogP contribution in [-0.4, -0.2) is 60.7 Å². The molecular weight excluding hydrogens is 421 g/mol. The summed E-state index contributed by atoms with van der Waals surface area (Å²) in [5, 5.41) is 0.622. The Morgan fingerprint density at radius 2 is 1.87 bits per heavy atom. The maximum absolute atomic E-state index is 12.8. The molecule has 0 aliphatic carbocycles. The van der Waals surface area contributed by atoms with E-state index in [1.54, 1.807) is 29.2 Å². The highest BCUT2D eigenvalue weighted by molar-refractivity contribution is 7.91. The summed E-state index contributed by atoms with van der Waals surface area (Å²) in [5.41, 5.74) is 0.458. The van der Waals surface area contributed by atoms with Gasteiger partial charge in [-0.25, -0.2) is 8.42 Å². The number of ether oxygens (including phenoxy) is 1. The molecule has 1 atom stereocenters. The lowest BCUT2D eigenvalue weighted by molar-refractivity contribution is -0.140. The van der Waals surface area contributed by atoms with Gasteiger partial charge in [0.25, 0.3) is 0 Å². The normalized spacial score (nSPS) is 22.5. The summed E-state index contributed by atoms with van der Waals surface area (Å²) in [6.07, 6.45) is -1.49. The van der Waals surface area contributed by atoms with E-state index >= 15 is 0 Å². The first kappa shape index (κ1) is 21.0. The minimum Gasteiger partial charge on any atom is -0.490 e. The van der Waals surface area contributed by atoms with Crippen LogP contribution in [0, 0.1) is 5.92 Å². The van der Waals surface area contributed by atoms with Crippen LogP contribution in [0.3, 0.4) is 0 Å². The average molecular weight is 444 g/mol. The van der Waals surface area contributed by atoms with Crippen molar-refractivity contribution in [3.63, 3.8) is 0 Å². The third kappa shape index (κ3) is 4.58. The summed E-state index contributed by atoms with van der Waals surface area (Å²) in [7, 11) is -3.11. The molecule has 0 saturated carbocycles. The second-order valence-electron chi connectivity index (χ2n) is 7.99. The second kappa shape index (κ2) is 7.79. The van der Waals surface area contributed by atoms with Crippen molar-refractivity contribution in [1.29, 1.82) is 0 Å². The minimum absolute atomic E-state index is 0.0703.